The van der Waals surface area contributed by atoms with Gasteiger partial charge in [-0.1, -0.05) is 33.2 Å². The Labute approximate surface area is 128 Å². The number of hydrogen-bond donors (Lipinski definition) is 1. The van der Waals surface area contributed by atoms with Crippen LogP contribution in [0.1, 0.15) is 5.69 Å². The van der Waals surface area contributed by atoms with E-state index in [1.807, 2.05) is 38.2 Å². The van der Waals surface area contributed by atoms with Crippen LogP contribution in [0.15, 0.2) is 33.3 Å². The summed E-state index contributed by atoms with van der Waals surface area (Å²) in [6.07, 6.45) is 0. The monoisotopic (exact) mass is 350 g/mol. The second-order valence-electron chi connectivity index (χ2n) is 4.16. The minimum atomic E-state index is 0.482. The highest BCUT2D eigenvalue weighted by molar-refractivity contribution is 9.10. The Morgan fingerprint density at radius 2 is 2.20 bits per heavy atom. The third-order valence-corrected chi connectivity index (χ3v) is 4.26. The zero-order valence-corrected chi connectivity index (χ0v) is 13.2. The number of aryl methyl sites for hydroxylation is 1. The second kappa shape index (κ2) is 5.34. The summed E-state index contributed by atoms with van der Waals surface area (Å²) in [4.78, 5) is 4.46. The Hall–Kier alpha value is -1.73. The standard InChI is InChI=1S/C13H11BrN4OS/c1-7-10(13(15-2)20-18-7)12-16-11(17-19-12)8-4-3-5-9(14)6-8/h3-6,15H,1-2H3. The molecule has 7 heteroatoms. The van der Waals surface area contributed by atoms with Crippen molar-refractivity contribution in [3.8, 4) is 22.8 Å². The van der Waals surface area contributed by atoms with Crippen molar-refractivity contribution in [1.82, 2.24) is 14.5 Å². The van der Waals surface area contributed by atoms with Gasteiger partial charge in [0, 0.05) is 17.1 Å². The third kappa shape index (κ3) is 2.34. The Morgan fingerprint density at radius 1 is 1.35 bits per heavy atom. The molecule has 0 spiro atoms. The molecule has 1 aromatic carbocycles. The van der Waals surface area contributed by atoms with Crippen molar-refractivity contribution in [3.05, 3.63) is 34.4 Å². The molecule has 1 N–H and O–H groups in total. The summed E-state index contributed by atoms with van der Waals surface area (Å²) in [5.41, 5.74) is 2.65. The van der Waals surface area contributed by atoms with Crippen LogP contribution in [0.25, 0.3) is 22.8 Å². The van der Waals surface area contributed by atoms with E-state index in [2.05, 4.69) is 35.8 Å². The van der Waals surface area contributed by atoms with Crippen LogP contribution in [0.2, 0.25) is 0 Å². The van der Waals surface area contributed by atoms with E-state index in [4.69, 9.17) is 4.52 Å². The van der Waals surface area contributed by atoms with Gasteiger partial charge in [-0.05, 0) is 30.6 Å². The molecule has 2 aromatic heterocycles. The van der Waals surface area contributed by atoms with Gasteiger partial charge in [0.1, 0.15) is 5.00 Å². The van der Waals surface area contributed by atoms with Gasteiger partial charge in [0.15, 0.2) is 0 Å². The topological polar surface area (TPSA) is 63.8 Å². The van der Waals surface area contributed by atoms with Gasteiger partial charge >= 0.3 is 0 Å². The minimum Gasteiger partial charge on any atom is -0.378 e. The van der Waals surface area contributed by atoms with E-state index < -0.39 is 0 Å². The molecule has 3 aromatic rings. The molecule has 20 heavy (non-hydrogen) atoms. The SMILES string of the molecule is CNc1snc(C)c1-c1nc(-c2cccc(Br)c2)no1. The number of halogens is 1. The van der Waals surface area contributed by atoms with E-state index in [0.717, 1.165) is 26.3 Å². The van der Waals surface area contributed by atoms with Crippen molar-refractivity contribution in [1.29, 1.82) is 0 Å². The average Bonchev–Trinajstić information content (AvgIpc) is 3.04. The van der Waals surface area contributed by atoms with Crippen LogP contribution in [0.4, 0.5) is 5.00 Å². The van der Waals surface area contributed by atoms with Gasteiger partial charge in [0.05, 0.1) is 11.3 Å². The normalized spacial score (nSPS) is 10.8. The molecule has 3 rings (SSSR count). The zero-order valence-electron chi connectivity index (χ0n) is 10.8. The van der Waals surface area contributed by atoms with Gasteiger partial charge in [-0.3, -0.25) is 0 Å². The fourth-order valence-electron chi connectivity index (χ4n) is 1.86. The van der Waals surface area contributed by atoms with E-state index in [0.29, 0.717) is 11.7 Å². The molecule has 0 radical (unpaired) electrons. The second-order valence-corrected chi connectivity index (χ2v) is 5.84. The molecule has 0 aliphatic carbocycles. The lowest BCUT2D eigenvalue weighted by molar-refractivity contribution is 0.432. The fourth-order valence-corrected chi connectivity index (χ4v) is 3.00. The zero-order chi connectivity index (χ0) is 14.1. The molecule has 2 heterocycles. The highest BCUT2D eigenvalue weighted by Crippen LogP contribution is 2.34. The smallest absolute Gasteiger partial charge is 0.263 e. The first-order valence-electron chi connectivity index (χ1n) is 5.93. The van der Waals surface area contributed by atoms with Crippen LogP contribution in [0, 0.1) is 6.92 Å². The van der Waals surface area contributed by atoms with Crippen molar-refractivity contribution < 1.29 is 4.52 Å². The summed E-state index contributed by atoms with van der Waals surface area (Å²) in [5.74, 6) is 1.05. The maximum Gasteiger partial charge on any atom is 0.263 e. The molecule has 0 saturated heterocycles. The number of nitrogens with one attached hydrogen (secondary N) is 1. The Balaban J connectivity index is 2.04. The van der Waals surface area contributed by atoms with Crippen molar-refractivity contribution in [2.24, 2.45) is 0 Å². The Kier molecular flexibility index (Phi) is 3.54. The summed E-state index contributed by atoms with van der Waals surface area (Å²) in [6.45, 7) is 1.93. The van der Waals surface area contributed by atoms with E-state index in [-0.39, 0.29) is 0 Å². The van der Waals surface area contributed by atoms with Crippen LogP contribution in [0.3, 0.4) is 0 Å². The predicted octanol–water partition coefficient (Wildman–Crippen LogP) is 3.97. The summed E-state index contributed by atoms with van der Waals surface area (Å²) in [7, 11) is 1.85. The van der Waals surface area contributed by atoms with Crippen molar-refractivity contribution in [2.45, 2.75) is 6.92 Å². The fraction of sp³-hybridized carbons (Fsp3) is 0.154. The first-order chi connectivity index (χ1) is 9.69. The molecular weight excluding hydrogens is 340 g/mol. The van der Waals surface area contributed by atoms with Gasteiger partial charge < -0.3 is 9.84 Å². The molecule has 0 unspecified atom stereocenters. The van der Waals surface area contributed by atoms with Gasteiger partial charge in [-0.25, -0.2) is 0 Å². The molecule has 0 atom stereocenters. The van der Waals surface area contributed by atoms with E-state index in [1.165, 1.54) is 11.5 Å². The maximum atomic E-state index is 5.38. The lowest BCUT2D eigenvalue weighted by Gasteiger charge is -1.97. The third-order valence-electron chi connectivity index (χ3n) is 2.81. The average molecular weight is 351 g/mol. The molecule has 0 amide bonds. The van der Waals surface area contributed by atoms with Crippen LogP contribution >= 0.6 is 27.5 Å². The highest BCUT2D eigenvalue weighted by Gasteiger charge is 2.19. The summed E-state index contributed by atoms with van der Waals surface area (Å²) in [6, 6.07) is 7.78. The molecule has 0 aliphatic rings. The first-order valence-corrected chi connectivity index (χ1v) is 7.49. The number of rotatable bonds is 3. The molecule has 5 nitrogen and oxygen atoms in total. The van der Waals surface area contributed by atoms with Crippen molar-refractivity contribution >= 4 is 32.5 Å². The number of hydrogen-bond acceptors (Lipinski definition) is 6. The van der Waals surface area contributed by atoms with Gasteiger partial charge in [-0.15, -0.1) is 0 Å². The molecule has 0 aliphatic heterocycles. The summed E-state index contributed by atoms with van der Waals surface area (Å²) < 4.78 is 10.7. The van der Waals surface area contributed by atoms with E-state index >= 15 is 0 Å². The maximum absolute atomic E-state index is 5.38. The number of aromatic nitrogens is 3. The quantitative estimate of drug-likeness (QED) is 0.774. The van der Waals surface area contributed by atoms with Crippen LogP contribution in [0.5, 0.6) is 0 Å². The lowest BCUT2D eigenvalue weighted by Crippen LogP contribution is -1.88. The lowest BCUT2D eigenvalue weighted by atomic mass is 10.2. The van der Waals surface area contributed by atoms with Crippen LogP contribution in [-0.2, 0) is 0 Å². The number of anilines is 1. The van der Waals surface area contributed by atoms with Crippen LogP contribution < -0.4 is 5.32 Å². The van der Waals surface area contributed by atoms with Gasteiger partial charge in [-0.2, -0.15) is 9.36 Å². The van der Waals surface area contributed by atoms with E-state index in [9.17, 15) is 0 Å². The largest absolute Gasteiger partial charge is 0.378 e. The van der Waals surface area contributed by atoms with Crippen molar-refractivity contribution in [2.75, 3.05) is 12.4 Å². The predicted molar refractivity (Wildman–Crippen MR) is 82.8 cm³/mol. The van der Waals surface area contributed by atoms with E-state index in [1.54, 1.807) is 0 Å². The molecule has 0 fully saturated rings. The number of benzene rings is 1. The summed E-state index contributed by atoms with van der Waals surface area (Å²) >= 11 is 4.82. The Bertz CT molecular complexity index is 752. The van der Waals surface area contributed by atoms with Crippen molar-refractivity contribution in [3.63, 3.8) is 0 Å². The highest BCUT2D eigenvalue weighted by atomic mass is 79.9. The van der Waals surface area contributed by atoms with Gasteiger partial charge in [0.25, 0.3) is 5.89 Å². The number of nitrogens with zero attached hydrogens (tertiary/aromatic N) is 3. The minimum absolute atomic E-state index is 0.482. The van der Waals surface area contributed by atoms with Gasteiger partial charge in [0.2, 0.25) is 5.82 Å². The molecule has 0 saturated carbocycles. The molecule has 102 valence electrons. The van der Waals surface area contributed by atoms with Crippen LogP contribution in [-0.4, -0.2) is 21.6 Å². The Morgan fingerprint density at radius 3 is 2.95 bits per heavy atom. The molecular formula is C13H11BrN4OS. The summed E-state index contributed by atoms with van der Waals surface area (Å²) in [5, 5.41) is 8.06. The first kappa shape index (κ1) is 13.3. The molecule has 0 bridgehead atoms.